The molecule has 0 spiro atoms. The zero-order valence-corrected chi connectivity index (χ0v) is 14.5. The molecule has 2 heterocycles. The summed E-state index contributed by atoms with van der Waals surface area (Å²) < 4.78 is 0. The smallest absolute Gasteiger partial charge is 0.273 e. The number of carbonyl (C=O) groups is 1. The quantitative estimate of drug-likeness (QED) is 0.937. The van der Waals surface area contributed by atoms with Gasteiger partial charge in [-0.3, -0.25) is 4.79 Å². The third kappa shape index (κ3) is 3.62. The largest absolute Gasteiger partial charge is 0.337 e. The minimum atomic E-state index is 0.0712. The fraction of sp³-hybridized carbons (Fsp3) is 0.444. The van der Waals surface area contributed by atoms with Gasteiger partial charge in [-0.05, 0) is 44.8 Å². The van der Waals surface area contributed by atoms with E-state index in [1.54, 1.807) is 11.3 Å². The molecule has 122 valence electrons. The van der Waals surface area contributed by atoms with Crippen molar-refractivity contribution in [2.45, 2.75) is 19.8 Å². The highest BCUT2D eigenvalue weighted by Crippen LogP contribution is 2.27. The number of nitrogens with one attached hydrogen (secondary N) is 1. The van der Waals surface area contributed by atoms with Crippen LogP contribution in [0.25, 0.3) is 10.6 Å². The van der Waals surface area contributed by atoms with Crippen LogP contribution < -0.4 is 5.32 Å². The zero-order chi connectivity index (χ0) is 16.2. The van der Waals surface area contributed by atoms with E-state index in [-0.39, 0.29) is 5.91 Å². The summed E-state index contributed by atoms with van der Waals surface area (Å²) in [6, 6.07) is 8.17. The monoisotopic (exact) mass is 329 g/mol. The Morgan fingerprint density at radius 2 is 2.26 bits per heavy atom. The fourth-order valence-electron chi connectivity index (χ4n) is 3.18. The maximum absolute atomic E-state index is 12.7. The Morgan fingerprint density at radius 3 is 3.04 bits per heavy atom. The average molecular weight is 329 g/mol. The summed E-state index contributed by atoms with van der Waals surface area (Å²) in [7, 11) is 1.97. The van der Waals surface area contributed by atoms with Crippen LogP contribution in [0.1, 0.15) is 28.9 Å². The van der Waals surface area contributed by atoms with Gasteiger partial charge in [-0.15, -0.1) is 11.3 Å². The molecule has 1 N–H and O–H groups in total. The Kier molecular flexibility index (Phi) is 5.08. The van der Waals surface area contributed by atoms with Crippen LogP contribution in [0.2, 0.25) is 0 Å². The Hall–Kier alpha value is -1.72. The number of rotatable bonds is 4. The third-order valence-electron chi connectivity index (χ3n) is 4.40. The van der Waals surface area contributed by atoms with Crippen LogP contribution in [-0.2, 0) is 0 Å². The average Bonchev–Trinajstić information content (AvgIpc) is 3.05. The summed E-state index contributed by atoms with van der Waals surface area (Å²) in [6.45, 7) is 4.72. The standard InChI is InChI=1S/C18H23N3OS/c1-13-6-3-4-8-15(13)17-20-16(12-23-17)18(22)21-9-5-7-14(11-21)10-19-2/h3-4,6,8,12,14,19H,5,7,9-11H2,1-2H3. The molecular formula is C18H23N3OS. The molecule has 1 amide bonds. The molecule has 1 aromatic heterocycles. The van der Waals surface area contributed by atoms with Crippen LogP contribution in [0.4, 0.5) is 0 Å². The summed E-state index contributed by atoms with van der Waals surface area (Å²) in [5.41, 5.74) is 2.88. The van der Waals surface area contributed by atoms with E-state index in [1.165, 1.54) is 12.0 Å². The summed E-state index contributed by atoms with van der Waals surface area (Å²) in [4.78, 5) is 19.3. The maximum atomic E-state index is 12.7. The number of hydrogen-bond acceptors (Lipinski definition) is 4. The first-order valence-electron chi connectivity index (χ1n) is 8.14. The fourth-order valence-corrected chi connectivity index (χ4v) is 4.06. The van der Waals surface area contributed by atoms with Gasteiger partial charge in [0.1, 0.15) is 10.7 Å². The van der Waals surface area contributed by atoms with E-state index in [4.69, 9.17) is 0 Å². The number of piperidine rings is 1. The topological polar surface area (TPSA) is 45.2 Å². The first-order valence-corrected chi connectivity index (χ1v) is 9.02. The van der Waals surface area contributed by atoms with Gasteiger partial charge >= 0.3 is 0 Å². The number of benzene rings is 1. The van der Waals surface area contributed by atoms with Crippen molar-refractivity contribution in [3.05, 3.63) is 40.9 Å². The molecule has 0 saturated carbocycles. The molecule has 1 saturated heterocycles. The summed E-state index contributed by atoms with van der Waals surface area (Å²) >= 11 is 1.55. The lowest BCUT2D eigenvalue weighted by Crippen LogP contribution is -2.42. The highest BCUT2D eigenvalue weighted by Gasteiger charge is 2.25. The molecule has 0 bridgehead atoms. The van der Waals surface area contributed by atoms with Crippen molar-refractivity contribution < 1.29 is 4.79 Å². The van der Waals surface area contributed by atoms with Gasteiger partial charge in [0.25, 0.3) is 5.91 Å². The Balaban J connectivity index is 1.75. The SMILES string of the molecule is CNCC1CCCN(C(=O)c2csc(-c3ccccc3C)n2)C1. The molecule has 1 aliphatic heterocycles. The van der Waals surface area contributed by atoms with Crippen LogP contribution >= 0.6 is 11.3 Å². The number of nitrogens with zero attached hydrogens (tertiary/aromatic N) is 2. The van der Waals surface area contributed by atoms with E-state index in [9.17, 15) is 4.79 Å². The number of aromatic nitrogens is 1. The normalized spacial score (nSPS) is 18.2. The van der Waals surface area contributed by atoms with E-state index in [0.29, 0.717) is 11.6 Å². The van der Waals surface area contributed by atoms with Gasteiger partial charge in [-0.2, -0.15) is 0 Å². The van der Waals surface area contributed by atoms with Crippen LogP contribution in [0, 0.1) is 12.8 Å². The van der Waals surface area contributed by atoms with Crippen molar-refractivity contribution in [3.63, 3.8) is 0 Å². The lowest BCUT2D eigenvalue weighted by Gasteiger charge is -2.32. The van der Waals surface area contributed by atoms with E-state index in [1.807, 2.05) is 29.5 Å². The number of thiazole rings is 1. The lowest BCUT2D eigenvalue weighted by atomic mass is 9.98. The maximum Gasteiger partial charge on any atom is 0.273 e. The Labute approximate surface area is 141 Å². The summed E-state index contributed by atoms with van der Waals surface area (Å²) in [5, 5.41) is 6.04. The third-order valence-corrected chi connectivity index (χ3v) is 5.27. The van der Waals surface area contributed by atoms with Crippen molar-refractivity contribution in [3.8, 4) is 10.6 Å². The van der Waals surface area contributed by atoms with E-state index < -0.39 is 0 Å². The van der Waals surface area contributed by atoms with E-state index in [0.717, 1.165) is 36.6 Å². The number of likely N-dealkylation sites (tertiary alicyclic amines) is 1. The van der Waals surface area contributed by atoms with Crippen molar-refractivity contribution in [2.24, 2.45) is 5.92 Å². The molecular weight excluding hydrogens is 306 g/mol. The minimum Gasteiger partial charge on any atom is -0.337 e. The zero-order valence-electron chi connectivity index (χ0n) is 13.7. The van der Waals surface area contributed by atoms with E-state index >= 15 is 0 Å². The molecule has 23 heavy (non-hydrogen) atoms. The second-order valence-corrected chi connectivity index (χ2v) is 7.03. The minimum absolute atomic E-state index is 0.0712. The first kappa shape index (κ1) is 16.1. The van der Waals surface area contributed by atoms with Crippen LogP contribution in [0.3, 0.4) is 0 Å². The first-order chi connectivity index (χ1) is 11.2. The second-order valence-electron chi connectivity index (χ2n) is 6.17. The van der Waals surface area contributed by atoms with Crippen molar-refractivity contribution >= 4 is 17.2 Å². The molecule has 1 aliphatic rings. The van der Waals surface area contributed by atoms with Gasteiger partial charge in [0.05, 0.1) is 0 Å². The highest BCUT2D eigenvalue weighted by molar-refractivity contribution is 7.13. The predicted octanol–water partition coefficient (Wildman–Crippen LogP) is 3.19. The predicted molar refractivity (Wildman–Crippen MR) is 94.8 cm³/mol. The molecule has 5 heteroatoms. The number of carbonyl (C=O) groups excluding carboxylic acids is 1. The Morgan fingerprint density at radius 1 is 1.43 bits per heavy atom. The number of hydrogen-bond donors (Lipinski definition) is 1. The number of aryl methyl sites for hydroxylation is 1. The van der Waals surface area contributed by atoms with Crippen LogP contribution in [-0.4, -0.2) is 42.5 Å². The van der Waals surface area contributed by atoms with Gasteiger partial charge < -0.3 is 10.2 Å². The number of amides is 1. The molecule has 1 atom stereocenters. The van der Waals surface area contributed by atoms with Gasteiger partial charge in [0, 0.05) is 24.0 Å². The van der Waals surface area contributed by atoms with Crippen LogP contribution in [0.5, 0.6) is 0 Å². The van der Waals surface area contributed by atoms with Gasteiger partial charge in [0.15, 0.2) is 0 Å². The van der Waals surface area contributed by atoms with Crippen molar-refractivity contribution in [1.29, 1.82) is 0 Å². The summed E-state index contributed by atoms with van der Waals surface area (Å²) in [5.74, 6) is 0.620. The van der Waals surface area contributed by atoms with Crippen LogP contribution in [0.15, 0.2) is 29.6 Å². The molecule has 4 nitrogen and oxygen atoms in total. The molecule has 1 fully saturated rings. The molecule has 0 aliphatic carbocycles. The highest BCUT2D eigenvalue weighted by atomic mass is 32.1. The molecule has 2 aromatic rings. The molecule has 1 aromatic carbocycles. The van der Waals surface area contributed by atoms with E-state index in [2.05, 4.69) is 29.4 Å². The summed E-state index contributed by atoms with van der Waals surface area (Å²) in [6.07, 6.45) is 2.27. The Bertz CT molecular complexity index is 680. The van der Waals surface area contributed by atoms with Crippen molar-refractivity contribution in [2.75, 3.05) is 26.7 Å². The molecule has 3 rings (SSSR count). The lowest BCUT2D eigenvalue weighted by molar-refractivity contribution is 0.0669. The van der Waals surface area contributed by atoms with Crippen molar-refractivity contribution in [1.82, 2.24) is 15.2 Å². The van der Waals surface area contributed by atoms with Gasteiger partial charge in [-0.1, -0.05) is 24.3 Å². The second kappa shape index (κ2) is 7.23. The van der Waals surface area contributed by atoms with Gasteiger partial charge in [-0.25, -0.2) is 4.98 Å². The van der Waals surface area contributed by atoms with Gasteiger partial charge in [0.2, 0.25) is 0 Å². The molecule has 0 radical (unpaired) electrons. The molecule has 1 unspecified atom stereocenters.